The largest absolute Gasteiger partial charge is 0.292 e. The molecule has 98 valence electrons. The molecule has 2 heteroatoms. The minimum absolute atomic E-state index is 0.239. The molecule has 2 N–H and O–H groups in total. The molecule has 0 spiro atoms. The number of fused-ring (bicyclic) bond motifs is 3. The number of hydrogen-bond donors (Lipinski definition) is 2. The van der Waals surface area contributed by atoms with E-state index in [1.165, 1.54) is 22.3 Å². The topological polar surface area (TPSA) is 24.1 Å². The van der Waals surface area contributed by atoms with Crippen molar-refractivity contribution in [2.75, 3.05) is 13.1 Å². The van der Waals surface area contributed by atoms with E-state index in [0.717, 1.165) is 13.1 Å². The molecule has 1 aliphatic rings. The first kappa shape index (κ1) is 12.4. The summed E-state index contributed by atoms with van der Waals surface area (Å²) in [5.41, 5.74) is 5.09. The van der Waals surface area contributed by atoms with Crippen molar-refractivity contribution in [1.82, 2.24) is 10.6 Å². The maximum Gasteiger partial charge on any atom is 0.123 e. The Labute approximate surface area is 114 Å². The molecule has 2 aromatic carbocycles. The molecule has 19 heavy (non-hydrogen) atoms. The summed E-state index contributed by atoms with van der Waals surface area (Å²) in [4.78, 5) is 0. The Kier molecular flexibility index (Phi) is 3.13. The summed E-state index contributed by atoms with van der Waals surface area (Å²) >= 11 is 0. The summed E-state index contributed by atoms with van der Waals surface area (Å²) in [7, 11) is 0. The lowest BCUT2D eigenvalue weighted by atomic mass is 9.96. The van der Waals surface area contributed by atoms with Crippen LogP contribution in [-0.2, 0) is 5.66 Å². The molecule has 0 unspecified atom stereocenters. The zero-order valence-electron chi connectivity index (χ0n) is 11.5. The summed E-state index contributed by atoms with van der Waals surface area (Å²) in [5.74, 6) is 0. The van der Waals surface area contributed by atoms with Gasteiger partial charge in [-0.1, -0.05) is 62.4 Å². The van der Waals surface area contributed by atoms with Gasteiger partial charge in [-0.15, -0.1) is 0 Å². The van der Waals surface area contributed by atoms with Crippen LogP contribution in [0.1, 0.15) is 25.0 Å². The molecule has 3 rings (SSSR count). The molecule has 0 saturated heterocycles. The average molecular weight is 252 g/mol. The summed E-state index contributed by atoms with van der Waals surface area (Å²) in [6, 6.07) is 17.3. The van der Waals surface area contributed by atoms with Gasteiger partial charge in [0.25, 0.3) is 0 Å². The Hall–Kier alpha value is -1.64. The standard InChI is InChI=1S/C17H20N2/c1-3-18-17(19-4-2)15-11-7-5-9-13(15)14-10-6-8-12-16(14)17/h5-12,18-19H,3-4H2,1-2H3. The monoisotopic (exact) mass is 252 g/mol. The minimum atomic E-state index is -0.239. The normalized spacial score (nSPS) is 15.1. The highest BCUT2D eigenvalue weighted by atomic mass is 15.2. The fraction of sp³-hybridized carbons (Fsp3) is 0.294. The van der Waals surface area contributed by atoms with Crippen molar-refractivity contribution in [2.24, 2.45) is 0 Å². The molecular formula is C17H20N2. The molecule has 0 aliphatic heterocycles. The van der Waals surface area contributed by atoms with Crippen molar-refractivity contribution in [3.8, 4) is 11.1 Å². The van der Waals surface area contributed by atoms with Gasteiger partial charge in [0.05, 0.1) is 0 Å². The van der Waals surface area contributed by atoms with Crippen LogP contribution in [0.5, 0.6) is 0 Å². The van der Waals surface area contributed by atoms with Crippen molar-refractivity contribution < 1.29 is 0 Å². The molecule has 0 radical (unpaired) electrons. The van der Waals surface area contributed by atoms with Crippen LogP contribution in [0.25, 0.3) is 11.1 Å². The molecule has 0 saturated carbocycles. The van der Waals surface area contributed by atoms with E-state index >= 15 is 0 Å². The highest BCUT2D eigenvalue weighted by Gasteiger charge is 2.41. The predicted octanol–water partition coefficient (Wildman–Crippen LogP) is 3.09. The Morgan fingerprint density at radius 2 is 1.16 bits per heavy atom. The molecule has 0 aromatic heterocycles. The first-order valence-electron chi connectivity index (χ1n) is 7.03. The van der Waals surface area contributed by atoms with Crippen LogP contribution in [0, 0.1) is 0 Å². The maximum atomic E-state index is 3.66. The van der Waals surface area contributed by atoms with Crippen LogP contribution >= 0.6 is 0 Å². The molecule has 0 heterocycles. The Bertz CT molecular complexity index is 536. The van der Waals surface area contributed by atoms with E-state index in [-0.39, 0.29) is 5.66 Å². The van der Waals surface area contributed by atoms with Crippen molar-refractivity contribution in [1.29, 1.82) is 0 Å². The van der Waals surface area contributed by atoms with E-state index in [9.17, 15) is 0 Å². The molecule has 1 aliphatic carbocycles. The Balaban J connectivity index is 2.28. The van der Waals surface area contributed by atoms with Gasteiger partial charge in [-0.05, 0) is 35.3 Å². The maximum absolute atomic E-state index is 3.66. The third-order valence-electron chi connectivity index (χ3n) is 3.84. The smallest absolute Gasteiger partial charge is 0.123 e. The van der Waals surface area contributed by atoms with Gasteiger partial charge in [0.1, 0.15) is 5.66 Å². The third-order valence-corrected chi connectivity index (χ3v) is 3.84. The van der Waals surface area contributed by atoms with Crippen LogP contribution in [0.3, 0.4) is 0 Å². The van der Waals surface area contributed by atoms with Crippen LogP contribution in [-0.4, -0.2) is 13.1 Å². The third kappa shape index (κ3) is 1.71. The first-order chi connectivity index (χ1) is 9.33. The van der Waals surface area contributed by atoms with E-state index in [2.05, 4.69) is 73.0 Å². The number of hydrogen-bond acceptors (Lipinski definition) is 2. The van der Waals surface area contributed by atoms with Crippen molar-refractivity contribution >= 4 is 0 Å². The molecule has 2 nitrogen and oxygen atoms in total. The lowest BCUT2D eigenvalue weighted by molar-refractivity contribution is 0.341. The number of rotatable bonds is 4. The zero-order chi connectivity index (χ0) is 13.3. The number of benzene rings is 2. The quantitative estimate of drug-likeness (QED) is 0.817. The second-order valence-electron chi connectivity index (χ2n) is 4.90. The van der Waals surface area contributed by atoms with Gasteiger partial charge >= 0.3 is 0 Å². The Morgan fingerprint density at radius 3 is 1.58 bits per heavy atom. The summed E-state index contributed by atoms with van der Waals surface area (Å²) in [5, 5.41) is 7.32. The van der Waals surface area contributed by atoms with Crippen LogP contribution in [0.15, 0.2) is 48.5 Å². The fourth-order valence-electron chi connectivity index (χ4n) is 3.21. The summed E-state index contributed by atoms with van der Waals surface area (Å²) in [6.07, 6.45) is 0. The van der Waals surface area contributed by atoms with Gasteiger partial charge in [-0.25, -0.2) is 0 Å². The van der Waals surface area contributed by atoms with Gasteiger partial charge in [-0.2, -0.15) is 0 Å². The average Bonchev–Trinajstić information content (AvgIpc) is 2.72. The van der Waals surface area contributed by atoms with Gasteiger partial charge in [-0.3, -0.25) is 10.6 Å². The SMILES string of the molecule is CCNC1(NCC)c2ccccc2-c2ccccc21. The zero-order valence-corrected chi connectivity index (χ0v) is 11.5. The fourth-order valence-corrected chi connectivity index (χ4v) is 3.21. The second-order valence-corrected chi connectivity index (χ2v) is 4.90. The van der Waals surface area contributed by atoms with Gasteiger partial charge in [0.2, 0.25) is 0 Å². The van der Waals surface area contributed by atoms with Gasteiger partial charge in [0, 0.05) is 0 Å². The molecule has 2 aromatic rings. The van der Waals surface area contributed by atoms with Crippen LogP contribution in [0.4, 0.5) is 0 Å². The van der Waals surface area contributed by atoms with E-state index < -0.39 is 0 Å². The van der Waals surface area contributed by atoms with Crippen LogP contribution < -0.4 is 10.6 Å². The molecule has 0 fully saturated rings. The summed E-state index contributed by atoms with van der Waals surface area (Å²) < 4.78 is 0. The van der Waals surface area contributed by atoms with E-state index in [0.29, 0.717) is 0 Å². The van der Waals surface area contributed by atoms with Crippen molar-refractivity contribution in [3.05, 3.63) is 59.7 Å². The predicted molar refractivity (Wildman–Crippen MR) is 80.0 cm³/mol. The number of nitrogens with one attached hydrogen (secondary N) is 2. The van der Waals surface area contributed by atoms with Crippen molar-refractivity contribution in [3.63, 3.8) is 0 Å². The first-order valence-corrected chi connectivity index (χ1v) is 7.03. The molecular weight excluding hydrogens is 232 g/mol. The van der Waals surface area contributed by atoms with E-state index in [4.69, 9.17) is 0 Å². The highest BCUT2D eigenvalue weighted by molar-refractivity contribution is 5.80. The molecule has 0 atom stereocenters. The van der Waals surface area contributed by atoms with Crippen molar-refractivity contribution in [2.45, 2.75) is 19.5 Å². The summed E-state index contributed by atoms with van der Waals surface area (Å²) in [6.45, 7) is 6.16. The Morgan fingerprint density at radius 1 is 0.737 bits per heavy atom. The van der Waals surface area contributed by atoms with Crippen LogP contribution in [0.2, 0.25) is 0 Å². The lowest BCUT2D eigenvalue weighted by Crippen LogP contribution is -2.53. The lowest BCUT2D eigenvalue weighted by Gasteiger charge is -2.33. The highest BCUT2D eigenvalue weighted by Crippen LogP contribution is 2.45. The molecule has 0 amide bonds. The minimum Gasteiger partial charge on any atom is -0.292 e. The molecule has 0 bridgehead atoms. The van der Waals surface area contributed by atoms with E-state index in [1.807, 2.05) is 0 Å². The van der Waals surface area contributed by atoms with Gasteiger partial charge in [0.15, 0.2) is 0 Å². The second kappa shape index (κ2) is 4.80. The van der Waals surface area contributed by atoms with E-state index in [1.54, 1.807) is 0 Å². The van der Waals surface area contributed by atoms with Gasteiger partial charge < -0.3 is 0 Å².